The van der Waals surface area contributed by atoms with Crippen LogP contribution in [0.25, 0.3) is 0 Å². The molecular weight excluding hydrogens is 486 g/mol. The highest BCUT2D eigenvalue weighted by atomic mass is 19.4. The zero-order valence-electron chi connectivity index (χ0n) is 20.0. The zero-order chi connectivity index (χ0) is 26.7. The Morgan fingerprint density at radius 3 is 1.94 bits per heavy atom. The number of ketones is 1. The molecule has 0 atom stereocenters. The largest absolute Gasteiger partial charge is 0.497 e. The molecule has 2 aliphatic rings. The minimum Gasteiger partial charge on any atom is -0.497 e. The number of halogens is 6. The predicted octanol–water partition coefficient (Wildman–Crippen LogP) is 6.78. The van der Waals surface area contributed by atoms with Crippen LogP contribution in [0.3, 0.4) is 0 Å². The second-order valence-electron chi connectivity index (χ2n) is 9.80. The van der Waals surface area contributed by atoms with Crippen LogP contribution >= 0.6 is 0 Å². The van der Waals surface area contributed by atoms with E-state index >= 15 is 0 Å². The monoisotopic (exact) mass is 510 g/mol. The molecule has 0 saturated carbocycles. The minimum absolute atomic E-state index is 0.0108. The van der Waals surface area contributed by atoms with Crippen LogP contribution in [0.15, 0.2) is 64.8 Å². The van der Waals surface area contributed by atoms with Crippen molar-refractivity contribution in [2.24, 2.45) is 10.4 Å². The summed E-state index contributed by atoms with van der Waals surface area (Å²) in [6.45, 7) is 5.09. The number of carbonyl (C=O) groups excluding carboxylic acids is 1. The second-order valence-corrected chi connectivity index (χ2v) is 9.80. The fraction of sp³-hybridized carbons (Fsp3) is 0.385. The second kappa shape index (κ2) is 8.38. The van der Waals surface area contributed by atoms with Crippen molar-refractivity contribution in [3.05, 3.63) is 70.9 Å². The van der Waals surface area contributed by atoms with Gasteiger partial charge >= 0.3 is 12.4 Å². The van der Waals surface area contributed by atoms with E-state index in [0.717, 1.165) is 5.56 Å². The van der Waals surface area contributed by atoms with Gasteiger partial charge in [-0.2, -0.15) is 26.3 Å². The van der Waals surface area contributed by atoms with Gasteiger partial charge < -0.3 is 4.74 Å². The van der Waals surface area contributed by atoms with Crippen LogP contribution in [0.4, 0.5) is 32.0 Å². The molecule has 2 aromatic rings. The lowest BCUT2D eigenvalue weighted by Crippen LogP contribution is -2.63. The van der Waals surface area contributed by atoms with Gasteiger partial charge in [0.2, 0.25) is 0 Å². The Morgan fingerprint density at radius 1 is 0.889 bits per heavy atom. The molecule has 0 fully saturated rings. The number of methoxy groups -OCH3 is 1. The van der Waals surface area contributed by atoms with Gasteiger partial charge in [0.05, 0.1) is 12.7 Å². The van der Waals surface area contributed by atoms with Gasteiger partial charge in [-0.05, 0) is 55.2 Å². The van der Waals surface area contributed by atoms with E-state index in [-0.39, 0.29) is 17.7 Å². The number of anilines is 1. The van der Waals surface area contributed by atoms with Crippen molar-refractivity contribution in [2.75, 3.05) is 12.0 Å². The van der Waals surface area contributed by atoms with Crippen molar-refractivity contribution < 1.29 is 35.9 Å². The number of nitrogens with zero attached hydrogens (tertiary/aromatic N) is 2. The van der Waals surface area contributed by atoms with E-state index < -0.39 is 46.9 Å². The molecule has 36 heavy (non-hydrogen) atoms. The van der Waals surface area contributed by atoms with E-state index in [2.05, 4.69) is 4.99 Å². The number of hydrogen-bond acceptors (Lipinski definition) is 4. The van der Waals surface area contributed by atoms with Gasteiger partial charge in [-0.25, -0.2) is 4.99 Å². The van der Waals surface area contributed by atoms with Gasteiger partial charge in [-0.3, -0.25) is 9.69 Å². The van der Waals surface area contributed by atoms with Crippen molar-refractivity contribution in [3.63, 3.8) is 0 Å². The van der Waals surface area contributed by atoms with E-state index in [1.165, 1.54) is 36.3 Å². The van der Waals surface area contributed by atoms with Gasteiger partial charge in [0.15, 0.2) is 5.78 Å². The molecule has 0 bridgehead atoms. The highest BCUT2D eigenvalue weighted by Crippen LogP contribution is 2.57. The van der Waals surface area contributed by atoms with Crippen molar-refractivity contribution in [1.82, 2.24) is 0 Å². The maximum atomic E-state index is 14.6. The Labute approximate surface area is 204 Å². The first kappa shape index (κ1) is 25.8. The number of allylic oxidation sites excluding steroid dienone is 1. The molecular formula is C26H24F6N2O2. The number of Topliss-reactive ketones (excluding diaryl/α,β-unsaturated/α-hetero) is 1. The average molecular weight is 510 g/mol. The quantitative estimate of drug-likeness (QED) is 0.428. The number of alkyl halides is 6. The summed E-state index contributed by atoms with van der Waals surface area (Å²) in [6.07, 6.45) is -12.5. The van der Waals surface area contributed by atoms with E-state index in [1.807, 2.05) is 0 Å². The molecule has 0 amide bonds. The lowest BCUT2D eigenvalue weighted by Gasteiger charge is -2.48. The summed E-state index contributed by atoms with van der Waals surface area (Å²) in [5, 5.41) is 0. The molecule has 192 valence electrons. The van der Waals surface area contributed by atoms with E-state index in [9.17, 15) is 31.1 Å². The van der Waals surface area contributed by atoms with Crippen LogP contribution in [0, 0.1) is 12.3 Å². The number of aliphatic imine (C=N–C) groups is 1. The summed E-state index contributed by atoms with van der Waals surface area (Å²) >= 11 is 0. The lowest BCUT2D eigenvalue weighted by molar-refractivity contribution is -0.282. The number of benzene rings is 2. The van der Waals surface area contributed by atoms with E-state index in [0.29, 0.717) is 11.4 Å². The fourth-order valence-electron chi connectivity index (χ4n) is 4.76. The summed E-state index contributed by atoms with van der Waals surface area (Å²) in [7, 11) is 1.39. The number of amidine groups is 1. The molecule has 1 aliphatic carbocycles. The predicted molar refractivity (Wildman–Crippen MR) is 123 cm³/mol. The maximum Gasteiger partial charge on any atom is 0.427 e. The topological polar surface area (TPSA) is 41.9 Å². The Morgan fingerprint density at radius 2 is 1.44 bits per heavy atom. The molecule has 0 unspecified atom stereocenters. The molecule has 1 heterocycles. The van der Waals surface area contributed by atoms with E-state index in [4.69, 9.17) is 4.74 Å². The van der Waals surface area contributed by atoms with Crippen LogP contribution in [0.5, 0.6) is 5.75 Å². The lowest BCUT2D eigenvalue weighted by atomic mass is 9.69. The molecule has 0 spiro atoms. The van der Waals surface area contributed by atoms with Crippen LogP contribution in [0.2, 0.25) is 0 Å². The van der Waals surface area contributed by atoms with Gasteiger partial charge in [-0.15, -0.1) is 0 Å². The Balaban J connectivity index is 2.13. The molecule has 10 heteroatoms. The maximum absolute atomic E-state index is 14.6. The van der Waals surface area contributed by atoms with Gasteiger partial charge in [0, 0.05) is 23.4 Å². The SMILES string of the molecule is COc1ccc(C2=NC(C(F)(F)F)(C(F)(F)F)C3=C(CC(C)(C)CC3=O)N2c2ccc(C)cc2)cc1. The minimum atomic E-state index is -5.92. The molecule has 1 aliphatic heterocycles. The first-order valence-corrected chi connectivity index (χ1v) is 11.1. The Bertz CT molecular complexity index is 1230. The molecule has 0 saturated heterocycles. The Kier molecular flexibility index (Phi) is 6.00. The molecule has 4 rings (SSSR count). The summed E-state index contributed by atoms with van der Waals surface area (Å²) in [5.41, 5.74) is -6.13. The molecule has 0 radical (unpaired) electrons. The summed E-state index contributed by atoms with van der Waals surface area (Å²) < 4.78 is 92.5. The third-order valence-electron chi connectivity index (χ3n) is 6.43. The van der Waals surface area contributed by atoms with Gasteiger partial charge in [0.25, 0.3) is 5.54 Å². The number of hydrogen-bond donors (Lipinski definition) is 0. The van der Waals surface area contributed by atoms with Crippen LogP contribution < -0.4 is 9.64 Å². The van der Waals surface area contributed by atoms with Crippen molar-refractivity contribution in [2.45, 2.75) is 51.5 Å². The van der Waals surface area contributed by atoms with E-state index in [1.54, 1.807) is 45.0 Å². The average Bonchev–Trinajstić information content (AvgIpc) is 2.76. The highest BCUT2D eigenvalue weighted by Gasteiger charge is 2.77. The van der Waals surface area contributed by atoms with Crippen LogP contribution in [0.1, 0.15) is 37.8 Å². The highest BCUT2D eigenvalue weighted by molar-refractivity contribution is 6.16. The Hall–Kier alpha value is -3.30. The standard InChI is InChI=1S/C26H24F6N2O2/c1-15-5-9-17(10-6-15)34-19-13-23(2,3)14-20(35)21(19)24(25(27,28)29,26(30,31)32)33-22(34)16-7-11-18(36-4)12-8-16/h5-12H,13-14H2,1-4H3. The van der Waals surface area contributed by atoms with Crippen LogP contribution in [-0.4, -0.2) is 36.6 Å². The molecule has 0 N–H and O–H groups in total. The van der Waals surface area contributed by atoms with Crippen molar-refractivity contribution in [3.8, 4) is 5.75 Å². The third-order valence-corrected chi connectivity index (χ3v) is 6.43. The first-order chi connectivity index (χ1) is 16.6. The molecule has 0 aromatic heterocycles. The van der Waals surface area contributed by atoms with Crippen LogP contribution in [-0.2, 0) is 4.79 Å². The number of aryl methyl sites for hydroxylation is 1. The van der Waals surface area contributed by atoms with Crippen molar-refractivity contribution >= 4 is 17.3 Å². The summed E-state index contributed by atoms with van der Waals surface area (Å²) in [4.78, 5) is 17.8. The van der Waals surface area contributed by atoms with Crippen molar-refractivity contribution in [1.29, 1.82) is 0 Å². The van der Waals surface area contributed by atoms with Gasteiger partial charge in [-0.1, -0.05) is 31.5 Å². The zero-order valence-corrected chi connectivity index (χ0v) is 20.0. The normalized spacial score (nSPS) is 19.7. The number of ether oxygens (including phenoxy) is 1. The first-order valence-electron chi connectivity index (χ1n) is 11.1. The van der Waals surface area contributed by atoms with Gasteiger partial charge in [0.1, 0.15) is 11.6 Å². The molecule has 2 aromatic carbocycles. The molecule has 4 nitrogen and oxygen atoms in total. The summed E-state index contributed by atoms with van der Waals surface area (Å²) in [6, 6.07) is 12.1. The number of rotatable bonds is 3. The third kappa shape index (κ3) is 4.06. The summed E-state index contributed by atoms with van der Waals surface area (Å²) in [5.74, 6) is -1.41. The number of carbonyl (C=O) groups is 1. The smallest absolute Gasteiger partial charge is 0.427 e. The fourth-order valence-corrected chi connectivity index (χ4v) is 4.76.